The number of hydrazone groups is 1. The summed E-state index contributed by atoms with van der Waals surface area (Å²) in [7, 11) is 1.71. The summed E-state index contributed by atoms with van der Waals surface area (Å²) in [6.45, 7) is 0. The summed E-state index contributed by atoms with van der Waals surface area (Å²) in [6, 6.07) is 8.66. The van der Waals surface area contributed by atoms with Gasteiger partial charge in [0.2, 0.25) is 5.71 Å². The third-order valence-corrected chi connectivity index (χ3v) is 2.01. The van der Waals surface area contributed by atoms with Gasteiger partial charge in [0, 0.05) is 7.05 Å². The highest BCUT2D eigenvalue weighted by Crippen LogP contribution is 2.19. The minimum Gasteiger partial charge on any atom is -0.274 e. The Labute approximate surface area is 96.6 Å². The molecule has 0 radical (unpaired) electrons. The number of nitrogens with one attached hydrogen (secondary N) is 1. The van der Waals surface area contributed by atoms with E-state index >= 15 is 0 Å². The van der Waals surface area contributed by atoms with Crippen molar-refractivity contribution in [1.82, 2.24) is 15.0 Å². The molecule has 82 valence electrons. The van der Waals surface area contributed by atoms with E-state index in [2.05, 4.69) is 20.7 Å². The smallest absolute Gasteiger partial charge is 0.237 e. The lowest BCUT2D eigenvalue weighted by Gasteiger charge is -1.98. The van der Waals surface area contributed by atoms with Crippen LogP contribution in [0.4, 0.5) is 5.69 Å². The number of nitrogens with zero attached hydrogens (tertiary/aromatic N) is 6. The number of aryl methyl sites for hydroxylation is 1. The molecule has 0 aliphatic heterocycles. The number of nitriles is 2. The van der Waals surface area contributed by atoms with Crippen LogP contribution in [0, 0.1) is 22.7 Å². The van der Waals surface area contributed by atoms with Crippen molar-refractivity contribution in [3.63, 3.8) is 0 Å². The molecule has 2 aromatic rings. The fourth-order valence-corrected chi connectivity index (χ4v) is 1.32. The van der Waals surface area contributed by atoms with Gasteiger partial charge in [-0.25, -0.2) is 0 Å². The molecule has 1 aromatic heterocycles. The van der Waals surface area contributed by atoms with Crippen LogP contribution in [0.25, 0.3) is 11.0 Å². The maximum absolute atomic E-state index is 8.55. The summed E-state index contributed by atoms with van der Waals surface area (Å²) in [5.41, 5.74) is 4.33. The summed E-state index contributed by atoms with van der Waals surface area (Å²) in [4.78, 5) is 1.44. The van der Waals surface area contributed by atoms with Crippen LogP contribution in [0.1, 0.15) is 0 Å². The lowest BCUT2D eigenvalue weighted by molar-refractivity contribution is 0.665. The molecule has 0 amide bonds. The first kappa shape index (κ1) is 10.6. The highest BCUT2D eigenvalue weighted by molar-refractivity contribution is 6.10. The summed E-state index contributed by atoms with van der Waals surface area (Å²) in [6.07, 6.45) is 0. The second kappa shape index (κ2) is 4.29. The molecular weight excluding hydrogens is 218 g/mol. The first-order valence-electron chi connectivity index (χ1n) is 4.68. The molecule has 0 atom stereocenters. The SMILES string of the molecule is Cn1nc2cccc(NN=C(C#N)C#N)c2n1. The van der Waals surface area contributed by atoms with Crippen molar-refractivity contribution in [2.24, 2.45) is 12.1 Å². The van der Waals surface area contributed by atoms with E-state index in [0.29, 0.717) is 16.7 Å². The molecule has 7 nitrogen and oxygen atoms in total. The lowest BCUT2D eigenvalue weighted by Crippen LogP contribution is -1.97. The van der Waals surface area contributed by atoms with Crippen LogP contribution in [0.5, 0.6) is 0 Å². The number of aromatic nitrogens is 3. The highest BCUT2D eigenvalue weighted by Gasteiger charge is 2.05. The van der Waals surface area contributed by atoms with Crippen molar-refractivity contribution in [3.8, 4) is 12.1 Å². The molecule has 0 unspecified atom stereocenters. The van der Waals surface area contributed by atoms with Crippen LogP contribution in [-0.2, 0) is 7.05 Å². The van der Waals surface area contributed by atoms with Crippen LogP contribution in [0.2, 0.25) is 0 Å². The van der Waals surface area contributed by atoms with Gasteiger partial charge in [0.25, 0.3) is 0 Å². The van der Waals surface area contributed by atoms with E-state index in [1.165, 1.54) is 4.80 Å². The van der Waals surface area contributed by atoms with E-state index in [-0.39, 0.29) is 5.71 Å². The van der Waals surface area contributed by atoms with Crippen molar-refractivity contribution in [1.29, 1.82) is 10.5 Å². The maximum atomic E-state index is 8.55. The fourth-order valence-electron chi connectivity index (χ4n) is 1.32. The summed E-state index contributed by atoms with van der Waals surface area (Å²) >= 11 is 0. The summed E-state index contributed by atoms with van der Waals surface area (Å²) < 4.78 is 0. The molecule has 17 heavy (non-hydrogen) atoms. The molecule has 0 aliphatic carbocycles. The number of benzene rings is 1. The third kappa shape index (κ3) is 2.03. The van der Waals surface area contributed by atoms with Crippen LogP contribution < -0.4 is 5.43 Å². The summed E-state index contributed by atoms with van der Waals surface area (Å²) in [5, 5.41) is 29.0. The Morgan fingerprint density at radius 2 is 2.12 bits per heavy atom. The molecule has 1 aromatic carbocycles. The molecular formula is C10H7N7. The van der Waals surface area contributed by atoms with E-state index in [1.54, 1.807) is 31.3 Å². The third-order valence-electron chi connectivity index (χ3n) is 2.01. The maximum Gasteiger partial charge on any atom is 0.237 e. The zero-order valence-corrected chi connectivity index (χ0v) is 8.92. The van der Waals surface area contributed by atoms with Gasteiger partial charge < -0.3 is 0 Å². The molecule has 1 N–H and O–H groups in total. The summed E-state index contributed by atoms with van der Waals surface area (Å²) in [5.74, 6) is 0. The number of hydrogen-bond donors (Lipinski definition) is 1. The molecule has 0 fully saturated rings. The standard InChI is InChI=1S/C10H7N7/c1-17-15-9-4-2-3-8(10(9)16-17)14-13-7(5-11)6-12/h2-4,14H,1H3. The van der Waals surface area contributed by atoms with Crippen LogP contribution in [-0.4, -0.2) is 20.7 Å². The normalized spacial score (nSPS) is 9.35. The van der Waals surface area contributed by atoms with Gasteiger partial charge >= 0.3 is 0 Å². The van der Waals surface area contributed by atoms with Gasteiger partial charge in [0.15, 0.2) is 0 Å². The second-order valence-corrected chi connectivity index (χ2v) is 3.16. The number of rotatable bonds is 2. The van der Waals surface area contributed by atoms with E-state index in [0.717, 1.165) is 0 Å². The van der Waals surface area contributed by atoms with E-state index < -0.39 is 0 Å². The molecule has 7 heteroatoms. The van der Waals surface area contributed by atoms with Crippen molar-refractivity contribution in [2.75, 3.05) is 5.43 Å². The average Bonchev–Trinajstić information content (AvgIpc) is 2.71. The quantitative estimate of drug-likeness (QED) is 0.601. The minimum absolute atomic E-state index is 0.245. The predicted octanol–water partition coefficient (Wildman–Crippen LogP) is 0.783. The Kier molecular flexibility index (Phi) is 2.67. The number of anilines is 1. The van der Waals surface area contributed by atoms with E-state index in [4.69, 9.17) is 10.5 Å². The van der Waals surface area contributed by atoms with Gasteiger partial charge in [-0.1, -0.05) is 6.07 Å². The van der Waals surface area contributed by atoms with Crippen molar-refractivity contribution in [3.05, 3.63) is 18.2 Å². The number of fused-ring (bicyclic) bond motifs is 1. The Balaban J connectivity index is 2.41. The number of hydrogen-bond acceptors (Lipinski definition) is 6. The van der Waals surface area contributed by atoms with Crippen molar-refractivity contribution in [2.45, 2.75) is 0 Å². The zero-order valence-electron chi connectivity index (χ0n) is 8.92. The van der Waals surface area contributed by atoms with Crippen LogP contribution >= 0.6 is 0 Å². The zero-order chi connectivity index (χ0) is 12.3. The van der Waals surface area contributed by atoms with Crippen LogP contribution in [0.3, 0.4) is 0 Å². The van der Waals surface area contributed by atoms with E-state index in [1.807, 2.05) is 6.07 Å². The molecule has 0 saturated carbocycles. The average molecular weight is 225 g/mol. The Bertz CT molecular complexity index is 652. The highest BCUT2D eigenvalue weighted by atomic mass is 15.5. The van der Waals surface area contributed by atoms with Crippen LogP contribution in [0.15, 0.2) is 23.3 Å². The molecule has 0 aliphatic rings. The Hall–Kier alpha value is -2.93. The molecule has 0 saturated heterocycles. The van der Waals surface area contributed by atoms with Gasteiger partial charge in [-0.3, -0.25) is 5.43 Å². The van der Waals surface area contributed by atoms with Gasteiger partial charge in [0.1, 0.15) is 23.2 Å². The first-order valence-corrected chi connectivity index (χ1v) is 4.68. The Morgan fingerprint density at radius 1 is 1.35 bits per heavy atom. The predicted molar refractivity (Wildman–Crippen MR) is 60.8 cm³/mol. The van der Waals surface area contributed by atoms with Crippen molar-refractivity contribution >= 4 is 22.4 Å². The van der Waals surface area contributed by atoms with Gasteiger partial charge in [-0.05, 0) is 12.1 Å². The second-order valence-electron chi connectivity index (χ2n) is 3.16. The molecule has 1 heterocycles. The molecule has 0 bridgehead atoms. The first-order chi connectivity index (χ1) is 8.24. The van der Waals surface area contributed by atoms with Gasteiger partial charge in [-0.15, -0.1) is 0 Å². The minimum atomic E-state index is -0.245. The van der Waals surface area contributed by atoms with E-state index in [9.17, 15) is 0 Å². The molecule has 2 rings (SSSR count). The molecule has 0 spiro atoms. The Morgan fingerprint density at radius 3 is 2.82 bits per heavy atom. The van der Waals surface area contributed by atoms with Crippen molar-refractivity contribution < 1.29 is 0 Å². The largest absolute Gasteiger partial charge is 0.274 e. The van der Waals surface area contributed by atoms with Gasteiger partial charge in [0.05, 0.1) is 5.69 Å². The van der Waals surface area contributed by atoms with Gasteiger partial charge in [-0.2, -0.15) is 30.6 Å². The fraction of sp³-hybridized carbons (Fsp3) is 0.100. The topological polar surface area (TPSA) is 103 Å². The lowest BCUT2D eigenvalue weighted by atomic mass is 10.3. The monoisotopic (exact) mass is 225 g/mol.